The molecule has 8 nitrogen and oxygen atoms in total. The van der Waals surface area contributed by atoms with Gasteiger partial charge in [0.25, 0.3) is 5.91 Å². The van der Waals surface area contributed by atoms with E-state index in [1.165, 1.54) is 29.2 Å². The number of carbonyl (C=O) groups excluding carboxylic acids is 1. The van der Waals surface area contributed by atoms with Gasteiger partial charge < -0.3 is 29.1 Å². The van der Waals surface area contributed by atoms with Gasteiger partial charge in [-0.3, -0.25) is 4.79 Å². The van der Waals surface area contributed by atoms with Gasteiger partial charge in [-0.1, -0.05) is 30.3 Å². The molecule has 0 radical (unpaired) electrons. The largest absolute Gasteiger partial charge is 0.573 e. The Kier molecular flexibility index (Phi) is 7.71. The van der Waals surface area contributed by atoms with Crippen LogP contribution >= 0.6 is 0 Å². The minimum Gasteiger partial charge on any atom is -0.486 e. The number of anilines is 2. The van der Waals surface area contributed by atoms with Crippen LogP contribution in [-0.2, 0) is 4.79 Å². The van der Waals surface area contributed by atoms with Gasteiger partial charge in [0.05, 0.1) is 12.2 Å². The number of halogens is 3. The molecule has 0 atom stereocenters. The monoisotopic (exact) mass is 516 g/mol. The molecule has 0 spiro atoms. The summed E-state index contributed by atoms with van der Waals surface area (Å²) >= 11 is 0. The highest BCUT2D eigenvalue weighted by Gasteiger charge is 2.31. The van der Waals surface area contributed by atoms with E-state index >= 15 is 0 Å². The minimum absolute atomic E-state index is 0.128. The van der Waals surface area contributed by atoms with E-state index in [0.29, 0.717) is 36.7 Å². The van der Waals surface area contributed by atoms with Crippen molar-refractivity contribution in [2.24, 2.45) is 0 Å². The Labute approximate surface area is 210 Å². The Balaban J connectivity index is 1.60. The molecule has 0 saturated carbocycles. The van der Waals surface area contributed by atoms with Gasteiger partial charge in [0.15, 0.2) is 18.1 Å². The highest BCUT2D eigenvalue weighted by molar-refractivity contribution is 6.06. The van der Waals surface area contributed by atoms with E-state index < -0.39 is 30.6 Å². The van der Waals surface area contributed by atoms with E-state index in [0.717, 1.165) is 0 Å². The maximum atomic E-state index is 13.4. The first kappa shape index (κ1) is 25.7. The third kappa shape index (κ3) is 6.63. The molecule has 1 N–H and O–H groups in total. The van der Waals surface area contributed by atoms with E-state index in [4.69, 9.17) is 14.6 Å². The molecule has 0 saturated heterocycles. The third-order valence-electron chi connectivity index (χ3n) is 5.48. The second-order valence-corrected chi connectivity index (χ2v) is 7.99. The van der Waals surface area contributed by atoms with E-state index in [9.17, 15) is 22.8 Å². The van der Waals surface area contributed by atoms with Crippen molar-refractivity contribution in [3.05, 3.63) is 78.4 Å². The lowest BCUT2D eigenvalue weighted by Crippen LogP contribution is -2.42. The summed E-state index contributed by atoms with van der Waals surface area (Å²) in [5.74, 6) is -1.29. The lowest BCUT2D eigenvalue weighted by Gasteiger charge is -2.34. The Morgan fingerprint density at radius 1 is 1.03 bits per heavy atom. The van der Waals surface area contributed by atoms with Gasteiger partial charge in [0.2, 0.25) is 0 Å². The van der Waals surface area contributed by atoms with Crippen LogP contribution in [0.2, 0.25) is 0 Å². The van der Waals surface area contributed by atoms with E-state index in [-0.39, 0.29) is 18.0 Å². The van der Waals surface area contributed by atoms with Gasteiger partial charge in [-0.25, -0.2) is 4.79 Å². The SMILES string of the molecule is O=C(O)COc1cccc2c1OCCN2CCN(C(=O)c1ccccc1)c1cccc(OC(F)(F)F)c1. The van der Waals surface area contributed by atoms with Crippen molar-refractivity contribution in [1.29, 1.82) is 0 Å². The molecule has 3 aromatic carbocycles. The van der Waals surface area contributed by atoms with Crippen molar-refractivity contribution in [3.63, 3.8) is 0 Å². The molecule has 3 aromatic rings. The first-order valence-corrected chi connectivity index (χ1v) is 11.3. The standard InChI is InChI=1S/C26H23F3N2O6/c27-26(28,29)37-20-9-4-8-19(16-20)31(25(34)18-6-2-1-3-7-18)13-12-30-14-15-35-24-21(30)10-5-11-22(24)36-17-23(32)33/h1-11,16H,12-15,17H2,(H,32,33). The number of carboxylic acids is 1. The van der Waals surface area contributed by atoms with Crippen LogP contribution in [0.1, 0.15) is 10.4 Å². The number of aliphatic carboxylic acids is 1. The van der Waals surface area contributed by atoms with Crippen LogP contribution in [0.25, 0.3) is 0 Å². The summed E-state index contributed by atoms with van der Waals surface area (Å²) in [4.78, 5) is 27.6. The Hall–Kier alpha value is -4.41. The molecule has 1 aliphatic rings. The number of hydrogen-bond donors (Lipinski definition) is 1. The van der Waals surface area contributed by atoms with Crippen LogP contribution in [0.3, 0.4) is 0 Å². The molecule has 11 heteroatoms. The van der Waals surface area contributed by atoms with Crippen LogP contribution < -0.4 is 24.0 Å². The molecule has 1 heterocycles. The molecule has 194 valence electrons. The fraction of sp³-hybridized carbons (Fsp3) is 0.231. The van der Waals surface area contributed by atoms with Gasteiger partial charge in [0, 0.05) is 30.4 Å². The maximum absolute atomic E-state index is 13.4. The summed E-state index contributed by atoms with van der Waals surface area (Å²) in [5.41, 5.74) is 1.26. The van der Waals surface area contributed by atoms with Gasteiger partial charge in [-0.2, -0.15) is 0 Å². The molecule has 1 amide bonds. The Morgan fingerprint density at radius 2 is 1.78 bits per heavy atom. The molecule has 0 fully saturated rings. The minimum atomic E-state index is -4.87. The van der Waals surface area contributed by atoms with Crippen LogP contribution in [-0.4, -0.2) is 56.2 Å². The smallest absolute Gasteiger partial charge is 0.486 e. The van der Waals surface area contributed by atoms with Crippen molar-refractivity contribution < 1.29 is 42.1 Å². The van der Waals surface area contributed by atoms with Crippen LogP contribution in [0.4, 0.5) is 24.5 Å². The number of hydrogen-bond acceptors (Lipinski definition) is 6. The summed E-state index contributed by atoms with van der Waals surface area (Å²) in [5, 5.41) is 8.93. The van der Waals surface area contributed by atoms with Crippen molar-refractivity contribution >= 4 is 23.3 Å². The molecular formula is C26H23F3N2O6. The van der Waals surface area contributed by atoms with Gasteiger partial charge in [-0.05, 0) is 36.4 Å². The predicted molar refractivity (Wildman–Crippen MR) is 129 cm³/mol. The van der Waals surface area contributed by atoms with E-state index in [1.54, 1.807) is 48.5 Å². The van der Waals surface area contributed by atoms with Crippen LogP contribution in [0.15, 0.2) is 72.8 Å². The number of rotatable bonds is 9. The number of fused-ring (bicyclic) bond motifs is 1. The molecule has 37 heavy (non-hydrogen) atoms. The molecule has 0 aliphatic carbocycles. The molecule has 1 aliphatic heterocycles. The van der Waals surface area contributed by atoms with E-state index in [1.807, 2.05) is 4.90 Å². The second kappa shape index (κ2) is 11.1. The molecule has 4 rings (SSSR count). The van der Waals surface area contributed by atoms with Crippen molar-refractivity contribution in [2.45, 2.75) is 6.36 Å². The number of alkyl halides is 3. The summed E-state index contributed by atoms with van der Waals surface area (Å²) in [6, 6.07) is 18.7. The lowest BCUT2D eigenvalue weighted by molar-refractivity contribution is -0.274. The highest BCUT2D eigenvalue weighted by atomic mass is 19.4. The van der Waals surface area contributed by atoms with Gasteiger partial charge in [-0.15, -0.1) is 13.2 Å². The zero-order valence-electron chi connectivity index (χ0n) is 19.5. The highest BCUT2D eigenvalue weighted by Crippen LogP contribution is 2.40. The number of carboxylic acid groups (broad SMARTS) is 1. The average Bonchev–Trinajstić information content (AvgIpc) is 2.87. The third-order valence-corrected chi connectivity index (χ3v) is 5.48. The zero-order valence-corrected chi connectivity index (χ0v) is 19.5. The topological polar surface area (TPSA) is 88.5 Å². The van der Waals surface area contributed by atoms with Crippen LogP contribution in [0.5, 0.6) is 17.2 Å². The summed E-state index contributed by atoms with van der Waals surface area (Å²) in [6.07, 6.45) is -4.87. The second-order valence-electron chi connectivity index (χ2n) is 7.99. The summed E-state index contributed by atoms with van der Waals surface area (Å²) in [6.45, 7) is 0.669. The number of nitrogens with zero attached hydrogens (tertiary/aromatic N) is 2. The fourth-order valence-corrected chi connectivity index (χ4v) is 3.92. The fourth-order valence-electron chi connectivity index (χ4n) is 3.92. The molecule has 0 bridgehead atoms. The average molecular weight is 516 g/mol. The normalized spacial score (nSPS) is 12.8. The molecule has 0 aromatic heterocycles. The number of ether oxygens (including phenoxy) is 3. The van der Waals surface area contributed by atoms with Gasteiger partial charge in [0.1, 0.15) is 12.4 Å². The summed E-state index contributed by atoms with van der Waals surface area (Å²) in [7, 11) is 0. The lowest BCUT2D eigenvalue weighted by atomic mass is 10.1. The Bertz CT molecular complexity index is 1250. The van der Waals surface area contributed by atoms with Crippen molar-refractivity contribution in [1.82, 2.24) is 0 Å². The zero-order chi connectivity index (χ0) is 26.4. The van der Waals surface area contributed by atoms with Crippen LogP contribution in [0, 0.1) is 0 Å². The first-order valence-electron chi connectivity index (χ1n) is 11.3. The number of carbonyl (C=O) groups is 2. The van der Waals surface area contributed by atoms with E-state index in [2.05, 4.69) is 4.74 Å². The predicted octanol–water partition coefficient (Wildman–Crippen LogP) is 4.59. The first-order chi connectivity index (χ1) is 17.7. The maximum Gasteiger partial charge on any atom is 0.573 e. The van der Waals surface area contributed by atoms with Crippen molar-refractivity contribution in [2.75, 3.05) is 42.6 Å². The number of para-hydroxylation sites is 1. The quantitative estimate of drug-likeness (QED) is 0.445. The molecular weight excluding hydrogens is 493 g/mol. The summed E-state index contributed by atoms with van der Waals surface area (Å²) < 4.78 is 53.5. The number of benzene rings is 3. The Morgan fingerprint density at radius 3 is 2.51 bits per heavy atom. The number of amides is 1. The molecule has 0 unspecified atom stereocenters. The van der Waals surface area contributed by atoms with Gasteiger partial charge >= 0.3 is 12.3 Å². The van der Waals surface area contributed by atoms with Crippen molar-refractivity contribution in [3.8, 4) is 17.2 Å².